The number of nitrogens with zero attached hydrogens (tertiary/aromatic N) is 5. The molecule has 1 unspecified atom stereocenters. The summed E-state index contributed by atoms with van der Waals surface area (Å²) in [5.41, 5.74) is 0.391. The number of aromatic nitrogens is 3. The fourth-order valence-corrected chi connectivity index (χ4v) is 4.64. The molecule has 0 bridgehead atoms. The van der Waals surface area contributed by atoms with Gasteiger partial charge < -0.3 is 4.74 Å². The second-order valence-electron chi connectivity index (χ2n) is 7.85. The van der Waals surface area contributed by atoms with Crippen molar-refractivity contribution in [1.29, 1.82) is 0 Å². The van der Waals surface area contributed by atoms with E-state index >= 15 is 0 Å². The molecule has 4 heterocycles. The highest BCUT2D eigenvalue weighted by atomic mass is 16.7. The highest BCUT2D eigenvalue weighted by Gasteiger charge is 2.58. The summed E-state index contributed by atoms with van der Waals surface area (Å²) in [4.78, 5) is 41.8. The Bertz CT molecular complexity index is 936. The van der Waals surface area contributed by atoms with Gasteiger partial charge in [-0.25, -0.2) is 15.0 Å². The molecule has 1 spiro atoms. The Morgan fingerprint density at radius 2 is 2.03 bits per heavy atom. The zero-order chi connectivity index (χ0) is 21.8. The van der Waals surface area contributed by atoms with E-state index in [-0.39, 0.29) is 24.9 Å². The lowest BCUT2D eigenvalue weighted by molar-refractivity contribution is -0.218. The van der Waals surface area contributed by atoms with Gasteiger partial charge >= 0.3 is 5.97 Å². The van der Waals surface area contributed by atoms with Crippen LogP contribution in [-0.4, -0.2) is 68.7 Å². The summed E-state index contributed by atoms with van der Waals surface area (Å²) in [5.74, 6) is -0.437. The fourth-order valence-electron chi connectivity index (χ4n) is 4.64. The van der Waals surface area contributed by atoms with Gasteiger partial charge in [0.15, 0.2) is 0 Å². The summed E-state index contributed by atoms with van der Waals surface area (Å²) in [6, 6.07) is 5.82. The number of carbonyl (C=O) groups excluding carboxylic acids is 2. The van der Waals surface area contributed by atoms with Gasteiger partial charge in [0.2, 0.25) is 11.9 Å². The van der Waals surface area contributed by atoms with Crippen molar-refractivity contribution in [3.05, 3.63) is 55.1 Å². The molecule has 31 heavy (non-hydrogen) atoms. The molecule has 2 aliphatic rings. The van der Waals surface area contributed by atoms with E-state index in [0.717, 1.165) is 18.8 Å². The van der Waals surface area contributed by atoms with Crippen LogP contribution in [0.1, 0.15) is 25.0 Å². The Balaban J connectivity index is 1.50. The van der Waals surface area contributed by atoms with Gasteiger partial charge in [0.05, 0.1) is 25.2 Å². The van der Waals surface area contributed by atoms with Crippen LogP contribution in [0.25, 0.3) is 5.95 Å². The van der Waals surface area contributed by atoms with Crippen LogP contribution in [0.2, 0.25) is 0 Å². The number of rotatable bonds is 7. The largest absolute Gasteiger partial charge is 0.469 e. The minimum absolute atomic E-state index is 0.109. The van der Waals surface area contributed by atoms with Gasteiger partial charge in [-0.05, 0) is 31.0 Å². The van der Waals surface area contributed by atoms with E-state index in [1.54, 1.807) is 24.5 Å². The number of amides is 1. The third-order valence-corrected chi connectivity index (χ3v) is 6.17. The summed E-state index contributed by atoms with van der Waals surface area (Å²) in [5, 5.41) is 1.42. The van der Waals surface area contributed by atoms with Crippen LogP contribution in [0, 0.1) is 5.92 Å². The van der Waals surface area contributed by atoms with E-state index in [4.69, 9.17) is 9.57 Å². The monoisotopic (exact) mass is 425 g/mol. The number of carbonyl (C=O) groups is 2. The molecule has 164 valence electrons. The maximum atomic E-state index is 12.7. The van der Waals surface area contributed by atoms with Gasteiger partial charge in [-0.1, -0.05) is 6.08 Å². The zero-order valence-electron chi connectivity index (χ0n) is 17.6. The first-order valence-electron chi connectivity index (χ1n) is 10.4. The van der Waals surface area contributed by atoms with Gasteiger partial charge in [-0.15, -0.1) is 6.58 Å². The molecule has 2 aromatic rings. The van der Waals surface area contributed by atoms with Crippen molar-refractivity contribution in [2.24, 2.45) is 5.92 Å². The summed E-state index contributed by atoms with van der Waals surface area (Å²) in [7, 11) is 1.36. The number of ether oxygens (including phenoxy) is 1. The summed E-state index contributed by atoms with van der Waals surface area (Å²) >= 11 is 0. The Morgan fingerprint density at radius 1 is 1.29 bits per heavy atom. The first-order valence-corrected chi connectivity index (χ1v) is 10.4. The molecular weight excluding hydrogens is 398 g/mol. The Labute approximate surface area is 181 Å². The third-order valence-electron chi connectivity index (χ3n) is 6.17. The highest BCUT2D eigenvalue weighted by Crippen LogP contribution is 2.44. The molecule has 9 nitrogen and oxygen atoms in total. The lowest BCUT2D eigenvalue weighted by Gasteiger charge is -2.45. The van der Waals surface area contributed by atoms with Crippen LogP contribution >= 0.6 is 0 Å². The van der Waals surface area contributed by atoms with Gasteiger partial charge in [0, 0.05) is 50.3 Å². The number of hydrogen-bond acceptors (Lipinski definition) is 7. The molecule has 2 saturated heterocycles. The van der Waals surface area contributed by atoms with E-state index in [1.807, 2.05) is 16.8 Å². The zero-order valence-corrected chi connectivity index (χ0v) is 17.6. The molecule has 2 aromatic heterocycles. The van der Waals surface area contributed by atoms with Crippen LogP contribution in [0.4, 0.5) is 0 Å². The smallest absolute Gasteiger partial charge is 0.311 e. The summed E-state index contributed by atoms with van der Waals surface area (Å²) < 4.78 is 6.99. The number of esters is 1. The highest BCUT2D eigenvalue weighted by molar-refractivity contribution is 5.88. The van der Waals surface area contributed by atoms with Crippen LogP contribution in [-0.2, 0) is 25.7 Å². The van der Waals surface area contributed by atoms with E-state index in [0.29, 0.717) is 25.3 Å². The van der Waals surface area contributed by atoms with Crippen LogP contribution in [0.5, 0.6) is 0 Å². The Kier molecular flexibility index (Phi) is 6.15. The van der Waals surface area contributed by atoms with Crippen LogP contribution in [0.15, 0.2) is 49.4 Å². The van der Waals surface area contributed by atoms with E-state index in [1.165, 1.54) is 12.2 Å². The van der Waals surface area contributed by atoms with Crippen molar-refractivity contribution in [2.75, 3.05) is 26.8 Å². The van der Waals surface area contributed by atoms with Crippen molar-refractivity contribution in [3.63, 3.8) is 0 Å². The van der Waals surface area contributed by atoms with Crippen LogP contribution < -0.4 is 0 Å². The quantitative estimate of drug-likeness (QED) is 0.493. The average Bonchev–Trinajstić information content (AvgIpc) is 3.36. The molecule has 0 saturated carbocycles. The average molecular weight is 425 g/mol. The molecule has 1 atom stereocenters. The van der Waals surface area contributed by atoms with Crippen molar-refractivity contribution >= 4 is 11.9 Å². The molecule has 4 rings (SSSR count). The van der Waals surface area contributed by atoms with E-state index < -0.39 is 11.5 Å². The molecule has 9 heteroatoms. The summed E-state index contributed by atoms with van der Waals surface area (Å²) in [6.45, 7) is 6.03. The second kappa shape index (κ2) is 8.99. The Morgan fingerprint density at radius 3 is 2.71 bits per heavy atom. The molecular formula is C22H27N5O4. The fraction of sp³-hybridized carbons (Fsp3) is 0.455. The molecule has 0 aliphatic carbocycles. The van der Waals surface area contributed by atoms with Gasteiger partial charge in [0.1, 0.15) is 0 Å². The topological polar surface area (TPSA) is 89.8 Å². The minimum atomic E-state index is -0.686. The first kappa shape index (κ1) is 21.2. The predicted octanol–water partition coefficient (Wildman–Crippen LogP) is 1.74. The third kappa shape index (κ3) is 3.98. The first-order chi connectivity index (χ1) is 15.1. The molecule has 0 radical (unpaired) electrons. The number of hydrogen-bond donors (Lipinski definition) is 0. The molecule has 0 aromatic carbocycles. The van der Waals surface area contributed by atoms with Crippen molar-refractivity contribution in [3.8, 4) is 5.95 Å². The maximum Gasteiger partial charge on any atom is 0.311 e. The molecule has 2 fully saturated rings. The molecule has 2 aliphatic heterocycles. The lowest BCUT2D eigenvalue weighted by atomic mass is 9.77. The number of piperidine rings is 1. The number of methoxy groups -OCH3 is 1. The number of likely N-dealkylation sites (tertiary alicyclic amines) is 1. The molecule has 1 amide bonds. The SMILES string of the molecule is C=CCON1C(=O)CC(C(=O)OC)C12CCN(Cc1cccn1-c1ncccn1)CC2. The summed E-state index contributed by atoms with van der Waals surface area (Å²) in [6.07, 6.45) is 8.34. The van der Waals surface area contributed by atoms with Crippen molar-refractivity contribution in [1.82, 2.24) is 24.5 Å². The van der Waals surface area contributed by atoms with Crippen LogP contribution in [0.3, 0.4) is 0 Å². The predicted molar refractivity (Wildman–Crippen MR) is 112 cm³/mol. The normalized spacial score (nSPS) is 20.9. The van der Waals surface area contributed by atoms with Crippen molar-refractivity contribution in [2.45, 2.75) is 31.3 Å². The van der Waals surface area contributed by atoms with Crippen molar-refractivity contribution < 1.29 is 19.2 Å². The minimum Gasteiger partial charge on any atom is -0.469 e. The standard InChI is InChI=1S/C22H27N5O4/c1-3-14-31-27-19(28)15-18(20(29)30-2)22(27)7-12-25(13-8-22)16-17-6-4-11-26(17)21-23-9-5-10-24-21/h3-6,9-11,18H,1,7-8,12-16H2,2H3. The second-order valence-corrected chi connectivity index (χ2v) is 7.85. The Hall–Kier alpha value is -3.04. The lowest BCUT2D eigenvalue weighted by Crippen LogP contribution is -2.57. The van der Waals surface area contributed by atoms with Gasteiger partial charge in [-0.2, -0.15) is 0 Å². The van der Waals surface area contributed by atoms with Gasteiger partial charge in [-0.3, -0.25) is 23.9 Å². The molecule has 0 N–H and O–H groups in total. The number of hydroxylamine groups is 2. The van der Waals surface area contributed by atoms with E-state index in [9.17, 15) is 9.59 Å². The van der Waals surface area contributed by atoms with Gasteiger partial charge in [0.25, 0.3) is 0 Å². The van der Waals surface area contributed by atoms with E-state index in [2.05, 4.69) is 27.5 Å². The maximum absolute atomic E-state index is 12.7.